The third-order valence-corrected chi connectivity index (χ3v) is 6.28. The van der Waals surface area contributed by atoms with E-state index in [-0.39, 0.29) is 24.5 Å². The topological polar surface area (TPSA) is 58.6 Å². The number of hydrogen-bond donors (Lipinski definition) is 1. The molecule has 2 aromatic rings. The van der Waals surface area contributed by atoms with Crippen molar-refractivity contribution in [1.82, 2.24) is 10.2 Å². The second kappa shape index (κ2) is 11.7. The first-order valence-corrected chi connectivity index (χ1v) is 11.8. The van der Waals surface area contributed by atoms with Gasteiger partial charge in [0.15, 0.2) is 6.61 Å². The molecule has 1 saturated carbocycles. The molecule has 5 nitrogen and oxygen atoms in total. The summed E-state index contributed by atoms with van der Waals surface area (Å²) in [5.74, 6) is 0.447. The molecular formula is C27H36N2O3. The van der Waals surface area contributed by atoms with Crippen molar-refractivity contribution >= 4 is 11.8 Å². The molecule has 2 amide bonds. The van der Waals surface area contributed by atoms with Gasteiger partial charge in [0.05, 0.1) is 0 Å². The molecule has 1 aliphatic carbocycles. The summed E-state index contributed by atoms with van der Waals surface area (Å²) in [6, 6.07) is 15.6. The molecule has 0 radical (unpaired) electrons. The minimum absolute atomic E-state index is 0.0789. The van der Waals surface area contributed by atoms with Gasteiger partial charge in [0.1, 0.15) is 11.8 Å². The van der Waals surface area contributed by atoms with E-state index in [0.717, 1.165) is 42.4 Å². The molecule has 1 atom stereocenters. The number of nitrogens with zero attached hydrogens (tertiary/aromatic N) is 1. The van der Waals surface area contributed by atoms with E-state index in [1.54, 1.807) is 4.90 Å². The summed E-state index contributed by atoms with van der Waals surface area (Å²) in [7, 11) is 0. The Morgan fingerprint density at radius 2 is 1.78 bits per heavy atom. The Labute approximate surface area is 192 Å². The molecule has 0 unspecified atom stereocenters. The highest BCUT2D eigenvalue weighted by Crippen LogP contribution is 2.20. The van der Waals surface area contributed by atoms with Crippen molar-refractivity contribution in [3.8, 4) is 5.75 Å². The third kappa shape index (κ3) is 6.84. The Hall–Kier alpha value is -2.82. The van der Waals surface area contributed by atoms with Crippen LogP contribution in [0.25, 0.3) is 0 Å². The van der Waals surface area contributed by atoms with Crippen LogP contribution in [0.15, 0.2) is 48.5 Å². The molecule has 0 heterocycles. The van der Waals surface area contributed by atoms with Crippen molar-refractivity contribution in [3.63, 3.8) is 0 Å². The van der Waals surface area contributed by atoms with Crippen LogP contribution in [0.4, 0.5) is 0 Å². The Kier molecular flexibility index (Phi) is 8.72. The van der Waals surface area contributed by atoms with Crippen molar-refractivity contribution in [1.29, 1.82) is 0 Å². The van der Waals surface area contributed by atoms with E-state index in [1.165, 1.54) is 6.42 Å². The van der Waals surface area contributed by atoms with Gasteiger partial charge in [0.25, 0.3) is 5.91 Å². The van der Waals surface area contributed by atoms with E-state index in [2.05, 4.69) is 5.32 Å². The molecule has 3 rings (SSSR count). The average Bonchev–Trinajstić information content (AvgIpc) is 2.80. The Balaban J connectivity index is 1.66. The standard InChI is InChI=1S/C27H36N2O3/c1-20-14-15-25(21(2)18-20)32-19-26(30)29(17-16-23-10-6-4-7-11-23)22(3)27(31)28-24-12-8-5-9-13-24/h4,6-7,10-11,14-15,18,22,24H,5,8-9,12-13,16-17,19H2,1-3H3,(H,28,31)/t22-/m0/s1. The minimum atomic E-state index is -0.546. The van der Waals surface area contributed by atoms with Crippen LogP contribution in [0.5, 0.6) is 5.75 Å². The molecule has 172 valence electrons. The van der Waals surface area contributed by atoms with Crippen LogP contribution in [0.1, 0.15) is 55.7 Å². The lowest BCUT2D eigenvalue weighted by Crippen LogP contribution is -2.52. The second-order valence-corrected chi connectivity index (χ2v) is 8.90. The van der Waals surface area contributed by atoms with E-state index in [1.807, 2.05) is 69.3 Å². The molecule has 32 heavy (non-hydrogen) atoms. The van der Waals surface area contributed by atoms with Gasteiger partial charge in [0.2, 0.25) is 5.91 Å². The van der Waals surface area contributed by atoms with Gasteiger partial charge in [0, 0.05) is 12.6 Å². The Morgan fingerprint density at radius 1 is 1.06 bits per heavy atom. The average molecular weight is 437 g/mol. The zero-order valence-corrected chi connectivity index (χ0v) is 19.6. The number of benzene rings is 2. The molecule has 2 aromatic carbocycles. The molecule has 1 N–H and O–H groups in total. The summed E-state index contributed by atoms with van der Waals surface area (Å²) >= 11 is 0. The third-order valence-electron chi connectivity index (χ3n) is 6.28. The van der Waals surface area contributed by atoms with Gasteiger partial charge in [-0.1, -0.05) is 67.3 Å². The number of carbonyl (C=O) groups is 2. The van der Waals surface area contributed by atoms with Gasteiger partial charge < -0.3 is 15.0 Å². The van der Waals surface area contributed by atoms with E-state index in [0.29, 0.717) is 18.7 Å². The van der Waals surface area contributed by atoms with E-state index >= 15 is 0 Å². The van der Waals surface area contributed by atoms with Crippen molar-refractivity contribution in [2.45, 2.75) is 71.4 Å². The van der Waals surface area contributed by atoms with Gasteiger partial charge >= 0.3 is 0 Å². The van der Waals surface area contributed by atoms with E-state index in [4.69, 9.17) is 4.74 Å². The molecule has 0 aromatic heterocycles. The van der Waals surface area contributed by atoms with Crippen LogP contribution in [-0.4, -0.2) is 41.9 Å². The first-order chi connectivity index (χ1) is 15.4. The van der Waals surface area contributed by atoms with Crippen LogP contribution >= 0.6 is 0 Å². The molecule has 0 spiro atoms. The van der Waals surface area contributed by atoms with Crippen molar-refractivity contribution < 1.29 is 14.3 Å². The van der Waals surface area contributed by atoms with Crippen LogP contribution in [0, 0.1) is 13.8 Å². The SMILES string of the molecule is Cc1ccc(OCC(=O)N(CCc2ccccc2)[C@@H](C)C(=O)NC2CCCCC2)c(C)c1. The lowest BCUT2D eigenvalue weighted by Gasteiger charge is -2.31. The maximum Gasteiger partial charge on any atom is 0.261 e. The maximum absolute atomic E-state index is 13.2. The number of amides is 2. The van der Waals surface area contributed by atoms with E-state index < -0.39 is 6.04 Å². The second-order valence-electron chi connectivity index (χ2n) is 8.90. The summed E-state index contributed by atoms with van der Waals surface area (Å²) in [5, 5.41) is 3.17. The number of carbonyl (C=O) groups excluding carboxylic acids is 2. The predicted molar refractivity (Wildman–Crippen MR) is 128 cm³/mol. The fourth-order valence-electron chi connectivity index (χ4n) is 4.32. The lowest BCUT2D eigenvalue weighted by atomic mass is 9.95. The van der Waals surface area contributed by atoms with Gasteiger partial charge in [-0.3, -0.25) is 9.59 Å². The quantitative estimate of drug-likeness (QED) is 0.625. The van der Waals surface area contributed by atoms with Gasteiger partial charge in [-0.25, -0.2) is 0 Å². The van der Waals surface area contributed by atoms with Gasteiger partial charge in [-0.2, -0.15) is 0 Å². The first-order valence-electron chi connectivity index (χ1n) is 11.8. The van der Waals surface area contributed by atoms with Crippen LogP contribution < -0.4 is 10.1 Å². The highest BCUT2D eigenvalue weighted by Gasteiger charge is 2.28. The van der Waals surface area contributed by atoms with Crippen LogP contribution in [0.2, 0.25) is 0 Å². The van der Waals surface area contributed by atoms with Crippen molar-refractivity contribution in [3.05, 3.63) is 65.2 Å². The normalized spacial score (nSPS) is 15.1. The lowest BCUT2D eigenvalue weighted by molar-refractivity contribution is -0.141. The first kappa shape index (κ1) is 23.8. The minimum Gasteiger partial charge on any atom is -0.483 e. The zero-order chi connectivity index (χ0) is 22.9. The highest BCUT2D eigenvalue weighted by atomic mass is 16.5. The van der Waals surface area contributed by atoms with Gasteiger partial charge in [-0.05, 0) is 57.2 Å². The summed E-state index contributed by atoms with van der Waals surface area (Å²) in [6.45, 7) is 6.20. The van der Waals surface area contributed by atoms with Crippen molar-refractivity contribution in [2.24, 2.45) is 0 Å². The Morgan fingerprint density at radius 3 is 2.47 bits per heavy atom. The van der Waals surface area contributed by atoms with Gasteiger partial charge in [-0.15, -0.1) is 0 Å². The highest BCUT2D eigenvalue weighted by molar-refractivity contribution is 5.88. The number of rotatable bonds is 9. The summed E-state index contributed by atoms with van der Waals surface area (Å²) in [4.78, 5) is 27.8. The number of aryl methyl sites for hydroxylation is 2. The molecule has 0 saturated heterocycles. The molecule has 5 heteroatoms. The monoisotopic (exact) mass is 436 g/mol. The summed E-state index contributed by atoms with van der Waals surface area (Å²) < 4.78 is 5.84. The van der Waals surface area contributed by atoms with Crippen LogP contribution in [0.3, 0.4) is 0 Å². The van der Waals surface area contributed by atoms with E-state index in [9.17, 15) is 9.59 Å². The summed E-state index contributed by atoms with van der Waals surface area (Å²) in [5.41, 5.74) is 3.29. The van der Waals surface area contributed by atoms with Crippen molar-refractivity contribution in [2.75, 3.05) is 13.2 Å². The molecule has 1 aliphatic rings. The zero-order valence-electron chi connectivity index (χ0n) is 19.6. The molecule has 0 aliphatic heterocycles. The number of hydrogen-bond acceptors (Lipinski definition) is 3. The number of nitrogens with one attached hydrogen (secondary N) is 1. The fraction of sp³-hybridized carbons (Fsp3) is 0.481. The largest absolute Gasteiger partial charge is 0.483 e. The number of ether oxygens (including phenoxy) is 1. The van der Waals surface area contributed by atoms with Crippen LogP contribution in [-0.2, 0) is 16.0 Å². The Bertz CT molecular complexity index is 891. The molecule has 0 bridgehead atoms. The summed E-state index contributed by atoms with van der Waals surface area (Å²) in [6.07, 6.45) is 6.27. The smallest absolute Gasteiger partial charge is 0.261 e. The maximum atomic E-state index is 13.2. The molecular weight excluding hydrogens is 400 g/mol. The fourth-order valence-corrected chi connectivity index (χ4v) is 4.32. The molecule has 1 fully saturated rings. The predicted octanol–water partition coefficient (Wildman–Crippen LogP) is 4.59.